The highest BCUT2D eigenvalue weighted by Crippen LogP contribution is 2.65. The smallest absolute Gasteiger partial charge is 0.155 e. The van der Waals surface area contributed by atoms with Crippen molar-refractivity contribution < 1.29 is 9.53 Å². The molecule has 4 aliphatic rings. The van der Waals surface area contributed by atoms with E-state index in [1.807, 2.05) is 6.08 Å². The van der Waals surface area contributed by atoms with Crippen LogP contribution in [0.4, 0.5) is 0 Å². The number of hydrogen-bond donors (Lipinski definition) is 0. The Labute approximate surface area is 169 Å². The topological polar surface area (TPSA) is 26.3 Å². The van der Waals surface area contributed by atoms with Gasteiger partial charge in [0.1, 0.15) is 0 Å². The van der Waals surface area contributed by atoms with Gasteiger partial charge in [0.2, 0.25) is 0 Å². The molecule has 4 aliphatic carbocycles. The van der Waals surface area contributed by atoms with Gasteiger partial charge >= 0.3 is 0 Å². The van der Waals surface area contributed by atoms with E-state index in [2.05, 4.69) is 44.2 Å². The van der Waals surface area contributed by atoms with Gasteiger partial charge < -0.3 is 4.74 Å². The van der Waals surface area contributed by atoms with Gasteiger partial charge in [-0.25, -0.2) is 0 Å². The molecule has 0 unspecified atom stereocenters. The zero-order valence-electron chi connectivity index (χ0n) is 17.5. The lowest BCUT2D eigenvalue weighted by Gasteiger charge is -2.58. The zero-order chi connectivity index (χ0) is 19.4. The van der Waals surface area contributed by atoms with E-state index in [1.54, 1.807) is 0 Å². The van der Waals surface area contributed by atoms with Gasteiger partial charge in [-0.15, -0.1) is 0 Å². The molecule has 0 heterocycles. The minimum atomic E-state index is 0.279. The van der Waals surface area contributed by atoms with E-state index in [9.17, 15) is 4.79 Å². The van der Waals surface area contributed by atoms with E-state index in [1.165, 1.54) is 43.2 Å². The summed E-state index contributed by atoms with van der Waals surface area (Å²) in [4.78, 5) is 12.0. The summed E-state index contributed by atoms with van der Waals surface area (Å²) in [5.74, 6) is 2.75. The molecule has 2 heteroatoms. The largest absolute Gasteiger partial charge is 0.373 e. The molecule has 0 N–H and O–H groups in total. The lowest BCUT2D eigenvalue weighted by Crippen LogP contribution is -2.51. The molecule has 28 heavy (non-hydrogen) atoms. The Balaban J connectivity index is 1.34. The van der Waals surface area contributed by atoms with Crippen molar-refractivity contribution in [1.82, 2.24) is 0 Å². The van der Waals surface area contributed by atoms with Gasteiger partial charge in [-0.1, -0.05) is 49.8 Å². The number of ketones is 1. The average molecular weight is 379 g/mol. The molecule has 5 rings (SSSR count). The minimum absolute atomic E-state index is 0.279. The second-order valence-corrected chi connectivity index (χ2v) is 10.4. The minimum Gasteiger partial charge on any atom is -0.373 e. The van der Waals surface area contributed by atoms with Crippen molar-refractivity contribution in [1.29, 1.82) is 0 Å². The van der Waals surface area contributed by atoms with Crippen LogP contribution in [-0.4, -0.2) is 11.9 Å². The van der Waals surface area contributed by atoms with E-state index in [0.717, 1.165) is 43.6 Å². The first kappa shape index (κ1) is 18.6. The first-order valence-electron chi connectivity index (χ1n) is 11.4. The fourth-order valence-corrected chi connectivity index (χ4v) is 7.56. The zero-order valence-corrected chi connectivity index (χ0v) is 17.5. The van der Waals surface area contributed by atoms with Crippen LogP contribution in [-0.2, 0) is 16.1 Å². The highest BCUT2D eigenvalue weighted by atomic mass is 16.5. The van der Waals surface area contributed by atoms with Gasteiger partial charge in [0.05, 0.1) is 12.7 Å². The first-order chi connectivity index (χ1) is 13.5. The average Bonchev–Trinajstić information content (AvgIpc) is 3.04. The number of rotatable bonds is 3. The summed E-state index contributed by atoms with van der Waals surface area (Å²) in [5, 5.41) is 0. The summed E-state index contributed by atoms with van der Waals surface area (Å²) >= 11 is 0. The molecule has 0 amide bonds. The Hall–Kier alpha value is -1.41. The normalized spacial score (nSPS) is 42.4. The molecule has 0 spiro atoms. The van der Waals surface area contributed by atoms with Crippen LogP contribution in [0.2, 0.25) is 0 Å². The molecule has 150 valence electrons. The van der Waals surface area contributed by atoms with E-state index in [-0.39, 0.29) is 5.41 Å². The predicted molar refractivity (Wildman–Crippen MR) is 112 cm³/mol. The third kappa shape index (κ3) is 2.83. The molecule has 0 saturated heterocycles. The quantitative estimate of drug-likeness (QED) is 0.635. The third-order valence-electron chi connectivity index (χ3n) is 9.17. The molecule has 0 aromatic heterocycles. The van der Waals surface area contributed by atoms with Gasteiger partial charge in [-0.05, 0) is 85.2 Å². The Kier molecular flexibility index (Phi) is 4.54. The fourth-order valence-electron chi connectivity index (χ4n) is 7.56. The van der Waals surface area contributed by atoms with Crippen LogP contribution in [0.1, 0.15) is 70.8 Å². The first-order valence-corrected chi connectivity index (χ1v) is 11.4. The molecular weight excluding hydrogens is 344 g/mol. The third-order valence-corrected chi connectivity index (χ3v) is 9.17. The van der Waals surface area contributed by atoms with Crippen LogP contribution in [0.3, 0.4) is 0 Å². The maximum atomic E-state index is 12.0. The monoisotopic (exact) mass is 378 g/mol. The van der Waals surface area contributed by atoms with E-state index < -0.39 is 0 Å². The van der Waals surface area contributed by atoms with Gasteiger partial charge in [0.15, 0.2) is 5.78 Å². The lowest BCUT2D eigenvalue weighted by atomic mass is 9.47. The summed E-state index contributed by atoms with van der Waals surface area (Å²) in [6, 6.07) is 10.6. The molecular formula is C26H34O2. The molecule has 1 aromatic rings. The summed E-state index contributed by atoms with van der Waals surface area (Å²) < 4.78 is 6.53. The Morgan fingerprint density at radius 2 is 1.79 bits per heavy atom. The molecule has 1 aromatic carbocycles. The summed E-state index contributed by atoms with van der Waals surface area (Å²) in [6.07, 6.45) is 11.8. The molecule has 0 radical (unpaired) electrons. The number of fused-ring (bicyclic) bond motifs is 5. The lowest BCUT2D eigenvalue weighted by molar-refractivity contribution is -0.119. The molecule has 3 saturated carbocycles. The Morgan fingerprint density at radius 1 is 0.964 bits per heavy atom. The van der Waals surface area contributed by atoms with Gasteiger partial charge in [0.25, 0.3) is 0 Å². The molecule has 0 bridgehead atoms. The standard InChI is InChI=1S/C26H34O2/c1-25-14-12-20(27)16-19(25)8-9-21-22-10-11-24(26(22,2)15-13-23(21)25)28-17-18-6-4-3-5-7-18/h3-7,16,21-24H,8-15,17H2,1-2H3/t21-,22-,23-,24+,25+,26+/m1/s1. The van der Waals surface area contributed by atoms with E-state index in [0.29, 0.717) is 17.3 Å². The predicted octanol–water partition coefficient (Wildman–Crippen LogP) is 6.10. The Morgan fingerprint density at radius 3 is 2.61 bits per heavy atom. The number of benzene rings is 1. The number of carbonyl (C=O) groups excluding carboxylic acids is 1. The highest BCUT2D eigenvalue weighted by molar-refractivity contribution is 5.91. The van der Waals surface area contributed by atoms with Crippen molar-refractivity contribution in [3.05, 3.63) is 47.5 Å². The van der Waals surface area contributed by atoms with Crippen molar-refractivity contribution in [3.63, 3.8) is 0 Å². The van der Waals surface area contributed by atoms with Crippen LogP contribution in [0, 0.1) is 28.6 Å². The number of hydrogen-bond acceptors (Lipinski definition) is 2. The van der Waals surface area contributed by atoms with Crippen LogP contribution in [0.15, 0.2) is 42.0 Å². The van der Waals surface area contributed by atoms with Gasteiger partial charge in [-0.3, -0.25) is 4.79 Å². The van der Waals surface area contributed by atoms with Gasteiger partial charge in [-0.2, -0.15) is 0 Å². The Bertz CT molecular complexity index is 781. The van der Waals surface area contributed by atoms with Crippen molar-refractivity contribution in [2.75, 3.05) is 0 Å². The second-order valence-electron chi connectivity index (χ2n) is 10.4. The van der Waals surface area contributed by atoms with Crippen LogP contribution in [0.5, 0.6) is 0 Å². The fraction of sp³-hybridized carbons (Fsp3) is 0.654. The van der Waals surface area contributed by atoms with E-state index in [4.69, 9.17) is 4.74 Å². The summed E-state index contributed by atoms with van der Waals surface area (Å²) in [6.45, 7) is 5.74. The van der Waals surface area contributed by atoms with E-state index >= 15 is 0 Å². The number of carbonyl (C=O) groups is 1. The van der Waals surface area contributed by atoms with Crippen LogP contribution >= 0.6 is 0 Å². The van der Waals surface area contributed by atoms with Crippen molar-refractivity contribution >= 4 is 5.78 Å². The van der Waals surface area contributed by atoms with Crippen molar-refractivity contribution in [2.24, 2.45) is 28.6 Å². The maximum absolute atomic E-state index is 12.0. The van der Waals surface area contributed by atoms with Crippen LogP contribution < -0.4 is 0 Å². The highest BCUT2D eigenvalue weighted by Gasteiger charge is 2.59. The molecule has 3 fully saturated rings. The molecule has 6 atom stereocenters. The SMILES string of the molecule is C[C@]12CC[C@@H]3[C@H](CCC4=CC(=O)CC[C@@]43C)[C@H]1CC[C@@H]2OCc1ccccc1. The van der Waals surface area contributed by atoms with Crippen molar-refractivity contribution in [3.8, 4) is 0 Å². The maximum Gasteiger partial charge on any atom is 0.155 e. The molecule has 0 aliphatic heterocycles. The second kappa shape index (κ2) is 6.83. The van der Waals surface area contributed by atoms with Gasteiger partial charge in [0, 0.05) is 6.42 Å². The summed E-state index contributed by atoms with van der Waals surface area (Å²) in [7, 11) is 0. The van der Waals surface area contributed by atoms with Crippen molar-refractivity contribution in [2.45, 2.75) is 77.9 Å². The molecule has 2 nitrogen and oxygen atoms in total. The van der Waals surface area contributed by atoms with Crippen LogP contribution in [0.25, 0.3) is 0 Å². The summed E-state index contributed by atoms with van der Waals surface area (Å²) in [5.41, 5.74) is 3.37. The number of ether oxygens (including phenoxy) is 1. The number of allylic oxidation sites excluding steroid dienone is 1.